The van der Waals surface area contributed by atoms with Gasteiger partial charge in [-0.1, -0.05) is 0 Å². The molecule has 0 spiro atoms. The van der Waals surface area contributed by atoms with Gasteiger partial charge in [0.05, 0.1) is 24.3 Å². The zero-order chi connectivity index (χ0) is 19.2. The molecule has 0 radical (unpaired) electrons. The minimum atomic E-state index is -0.661. The van der Waals surface area contributed by atoms with E-state index in [2.05, 4.69) is 10.3 Å². The van der Waals surface area contributed by atoms with E-state index in [0.29, 0.717) is 28.9 Å². The first-order chi connectivity index (χ1) is 13.0. The fourth-order valence-corrected chi connectivity index (χ4v) is 2.93. The summed E-state index contributed by atoms with van der Waals surface area (Å²) in [5.41, 5.74) is 0.740. The maximum Gasteiger partial charge on any atom is 0.338 e. The maximum absolute atomic E-state index is 12.0. The highest BCUT2D eigenvalue weighted by molar-refractivity contribution is 7.13. The van der Waals surface area contributed by atoms with Gasteiger partial charge in [0.25, 0.3) is 5.91 Å². The Labute approximate surface area is 158 Å². The molecular weight excluding hydrogens is 376 g/mol. The minimum Gasteiger partial charge on any atom is -0.466 e. The highest BCUT2D eigenvalue weighted by Gasteiger charge is 2.18. The molecule has 1 aromatic heterocycles. The number of thiazole rings is 1. The maximum atomic E-state index is 12.0. The molecule has 1 aliphatic heterocycles. The molecule has 0 atom stereocenters. The molecule has 0 bridgehead atoms. The molecule has 0 unspecified atom stereocenters. The molecule has 2 aromatic rings. The van der Waals surface area contributed by atoms with Crippen LogP contribution in [0.2, 0.25) is 0 Å². The van der Waals surface area contributed by atoms with Crippen molar-refractivity contribution in [2.75, 3.05) is 25.3 Å². The molecule has 1 amide bonds. The van der Waals surface area contributed by atoms with Crippen molar-refractivity contribution in [3.8, 4) is 11.5 Å². The van der Waals surface area contributed by atoms with E-state index in [0.717, 1.165) is 11.3 Å². The van der Waals surface area contributed by atoms with Gasteiger partial charge >= 0.3 is 11.9 Å². The lowest BCUT2D eigenvalue weighted by atomic mass is 10.2. The Kier molecular flexibility index (Phi) is 5.87. The molecule has 2 heterocycles. The fourth-order valence-electron chi connectivity index (χ4n) is 2.20. The Morgan fingerprint density at radius 1 is 1.22 bits per heavy atom. The first-order valence-corrected chi connectivity index (χ1v) is 8.89. The van der Waals surface area contributed by atoms with E-state index >= 15 is 0 Å². The van der Waals surface area contributed by atoms with Crippen LogP contribution in [-0.2, 0) is 25.5 Å². The van der Waals surface area contributed by atoms with Crippen LogP contribution in [0, 0.1) is 0 Å². The molecular formula is C17H16N2O7S. The van der Waals surface area contributed by atoms with Gasteiger partial charge in [-0.25, -0.2) is 9.78 Å². The Morgan fingerprint density at radius 3 is 2.85 bits per heavy atom. The molecule has 0 aliphatic carbocycles. The molecule has 0 saturated carbocycles. The van der Waals surface area contributed by atoms with Gasteiger partial charge in [0.2, 0.25) is 6.79 Å². The summed E-state index contributed by atoms with van der Waals surface area (Å²) < 4.78 is 20.2. The van der Waals surface area contributed by atoms with E-state index in [1.54, 1.807) is 18.4 Å². The van der Waals surface area contributed by atoms with Gasteiger partial charge in [-0.3, -0.25) is 14.9 Å². The number of carbonyl (C=O) groups excluding carboxylic acids is 3. The zero-order valence-electron chi connectivity index (χ0n) is 14.4. The Morgan fingerprint density at radius 2 is 2.04 bits per heavy atom. The van der Waals surface area contributed by atoms with Gasteiger partial charge in [0, 0.05) is 5.38 Å². The number of esters is 2. The van der Waals surface area contributed by atoms with Crippen LogP contribution in [0.5, 0.6) is 11.5 Å². The quantitative estimate of drug-likeness (QED) is 0.710. The number of rotatable bonds is 7. The molecule has 10 heteroatoms. The van der Waals surface area contributed by atoms with Gasteiger partial charge in [-0.2, -0.15) is 0 Å². The summed E-state index contributed by atoms with van der Waals surface area (Å²) in [5, 5.41) is 4.46. The summed E-state index contributed by atoms with van der Waals surface area (Å²) in [4.78, 5) is 39.5. The standard InChI is InChI=1S/C17H16N2O7S/c1-2-23-15(21)6-11-8-27-17(18-11)19-14(20)7-24-16(22)10-3-4-12-13(5-10)26-9-25-12/h3-5,8H,2,6-7,9H2,1H3,(H,18,19,20). The van der Waals surface area contributed by atoms with Gasteiger partial charge in [0.1, 0.15) is 0 Å². The molecule has 0 saturated heterocycles. The van der Waals surface area contributed by atoms with Crippen LogP contribution in [0.1, 0.15) is 23.0 Å². The number of anilines is 1. The normalized spacial score (nSPS) is 11.7. The summed E-state index contributed by atoms with van der Waals surface area (Å²) >= 11 is 1.16. The summed E-state index contributed by atoms with van der Waals surface area (Å²) in [6.45, 7) is 1.64. The van der Waals surface area contributed by atoms with E-state index < -0.39 is 24.5 Å². The zero-order valence-corrected chi connectivity index (χ0v) is 15.2. The van der Waals surface area contributed by atoms with Crippen LogP contribution in [0.15, 0.2) is 23.6 Å². The van der Waals surface area contributed by atoms with Crippen LogP contribution >= 0.6 is 11.3 Å². The van der Waals surface area contributed by atoms with Crippen molar-refractivity contribution in [2.24, 2.45) is 0 Å². The lowest BCUT2D eigenvalue weighted by Crippen LogP contribution is -2.21. The predicted molar refractivity (Wildman–Crippen MR) is 93.9 cm³/mol. The first kappa shape index (κ1) is 18.6. The number of aromatic nitrogens is 1. The van der Waals surface area contributed by atoms with Gasteiger partial charge in [-0.15, -0.1) is 11.3 Å². The van der Waals surface area contributed by atoms with Crippen LogP contribution < -0.4 is 14.8 Å². The topological polar surface area (TPSA) is 113 Å². The summed E-state index contributed by atoms with van der Waals surface area (Å²) in [6.07, 6.45) is 0.0271. The summed E-state index contributed by atoms with van der Waals surface area (Å²) in [5.74, 6) is -0.595. The highest BCUT2D eigenvalue weighted by atomic mass is 32.1. The van der Waals surface area contributed by atoms with Crippen LogP contribution in [0.4, 0.5) is 5.13 Å². The Hall–Kier alpha value is -3.14. The SMILES string of the molecule is CCOC(=O)Cc1csc(NC(=O)COC(=O)c2ccc3c(c2)OCO3)n1. The predicted octanol–water partition coefficient (Wildman–Crippen LogP) is 1.77. The van der Waals surface area contributed by atoms with E-state index in [9.17, 15) is 14.4 Å². The van der Waals surface area contributed by atoms with Gasteiger partial charge in [0.15, 0.2) is 23.2 Å². The van der Waals surface area contributed by atoms with E-state index in [1.165, 1.54) is 12.1 Å². The van der Waals surface area contributed by atoms with Crippen molar-refractivity contribution in [3.63, 3.8) is 0 Å². The summed E-state index contributed by atoms with van der Waals surface area (Å²) in [6, 6.07) is 4.61. The molecule has 27 heavy (non-hydrogen) atoms. The Balaban J connectivity index is 1.47. The monoisotopic (exact) mass is 392 g/mol. The average molecular weight is 392 g/mol. The van der Waals surface area contributed by atoms with E-state index in [1.807, 2.05) is 0 Å². The number of hydrogen-bond donors (Lipinski definition) is 1. The molecule has 1 aromatic carbocycles. The van der Waals surface area contributed by atoms with Crippen molar-refractivity contribution in [1.29, 1.82) is 0 Å². The third kappa shape index (κ3) is 4.94. The number of fused-ring (bicyclic) bond motifs is 1. The van der Waals surface area contributed by atoms with Crippen molar-refractivity contribution in [3.05, 3.63) is 34.8 Å². The highest BCUT2D eigenvalue weighted by Crippen LogP contribution is 2.32. The number of benzene rings is 1. The molecule has 0 fully saturated rings. The van der Waals surface area contributed by atoms with Crippen molar-refractivity contribution in [2.45, 2.75) is 13.3 Å². The fraction of sp³-hybridized carbons (Fsp3) is 0.294. The Bertz CT molecular complexity index is 865. The van der Waals surface area contributed by atoms with Crippen molar-refractivity contribution in [1.82, 2.24) is 4.98 Å². The average Bonchev–Trinajstić information content (AvgIpc) is 3.28. The smallest absolute Gasteiger partial charge is 0.338 e. The number of nitrogens with one attached hydrogen (secondary N) is 1. The van der Waals surface area contributed by atoms with E-state index in [-0.39, 0.29) is 18.8 Å². The molecule has 1 N–H and O–H groups in total. The van der Waals surface area contributed by atoms with Crippen LogP contribution in [-0.4, -0.2) is 42.8 Å². The number of ether oxygens (including phenoxy) is 4. The number of nitrogens with zero attached hydrogens (tertiary/aromatic N) is 1. The van der Waals surface area contributed by atoms with Crippen molar-refractivity contribution < 1.29 is 33.3 Å². The minimum absolute atomic E-state index is 0.0271. The second-order valence-electron chi connectivity index (χ2n) is 5.32. The molecule has 1 aliphatic rings. The first-order valence-electron chi connectivity index (χ1n) is 8.02. The van der Waals surface area contributed by atoms with E-state index in [4.69, 9.17) is 18.9 Å². The lowest BCUT2D eigenvalue weighted by molar-refractivity contribution is -0.142. The second-order valence-corrected chi connectivity index (χ2v) is 6.18. The molecule has 3 rings (SSSR count). The van der Waals surface area contributed by atoms with Crippen LogP contribution in [0.25, 0.3) is 0 Å². The second kappa shape index (κ2) is 8.49. The third-order valence-corrected chi connectivity index (χ3v) is 4.18. The van der Waals surface area contributed by atoms with Crippen LogP contribution in [0.3, 0.4) is 0 Å². The lowest BCUT2D eigenvalue weighted by Gasteiger charge is -2.05. The largest absolute Gasteiger partial charge is 0.466 e. The van der Waals surface area contributed by atoms with Crippen molar-refractivity contribution >= 4 is 34.3 Å². The number of carbonyl (C=O) groups is 3. The van der Waals surface area contributed by atoms with Gasteiger partial charge in [-0.05, 0) is 25.1 Å². The number of amides is 1. The molecule has 9 nitrogen and oxygen atoms in total. The summed E-state index contributed by atoms with van der Waals surface area (Å²) in [7, 11) is 0. The number of hydrogen-bond acceptors (Lipinski definition) is 9. The van der Waals surface area contributed by atoms with Gasteiger partial charge < -0.3 is 18.9 Å². The third-order valence-electron chi connectivity index (χ3n) is 3.37. The molecule has 142 valence electrons.